The third kappa shape index (κ3) is 1.84. The molecule has 0 aliphatic carbocycles. The third-order valence-corrected chi connectivity index (χ3v) is 3.42. The van der Waals surface area contributed by atoms with Crippen molar-refractivity contribution in [3.63, 3.8) is 0 Å². The Morgan fingerprint density at radius 2 is 2.40 bits per heavy atom. The summed E-state index contributed by atoms with van der Waals surface area (Å²) in [5.41, 5.74) is 8.38. The lowest BCUT2D eigenvalue weighted by Gasteiger charge is -2.28. The minimum Gasteiger partial charge on any atom is -0.367 e. The molecule has 0 spiro atoms. The van der Waals surface area contributed by atoms with Gasteiger partial charge in [-0.3, -0.25) is 4.98 Å². The fraction of sp³-hybridized carbons (Fsp3) is 0.583. The first-order chi connectivity index (χ1) is 7.24. The van der Waals surface area contributed by atoms with Crippen LogP contribution in [0.25, 0.3) is 0 Å². The van der Waals surface area contributed by atoms with Crippen molar-refractivity contribution in [2.24, 2.45) is 11.7 Å². The monoisotopic (exact) mass is 205 g/mol. The van der Waals surface area contributed by atoms with E-state index in [0.29, 0.717) is 12.0 Å². The van der Waals surface area contributed by atoms with Gasteiger partial charge in [-0.15, -0.1) is 0 Å². The summed E-state index contributed by atoms with van der Waals surface area (Å²) in [5, 5.41) is 0. The minimum atomic E-state index is 0.492. The predicted molar refractivity (Wildman–Crippen MR) is 62.9 cm³/mol. The van der Waals surface area contributed by atoms with Gasteiger partial charge in [0.25, 0.3) is 0 Å². The molecule has 2 rings (SSSR count). The average Bonchev–Trinajstić information content (AvgIpc) is 2.60. The van der Waals surface area contributed by atoms with E-state index in [1.165, 1.54) is 17.7 Å². The van der Waals surface area contributed by atoms with Crippen molar-refractivity contribution in [1.82, 2.24) is 4.98 Å². The van der Waals surface area contributed by atoms with Gasteiger partial charge in [0.15, 0.2) is 0 Å². The van der Waals surface area contributed by atoms with E-state index in [1.54, 1.807) is 0 Å². The number of rotatable bonds is 2. The second kappa shape index (κ2) is 4.19. The summed E-state index contributed by atoms with van der Waals surface area (Å²) < 4.78 is 0. The molecule has 1 fully saturated rings. The summed E-state index contributed by atoms with van der Waals surface area (Å²) in [7, 11) is 0. The molecule has 0 radical (unpaired) electrons. The fourth-order valence-electron chi connectivity index (χ4n) is 2.46. The summed E-state index contributed by atoms with van der Waals surface area (Å²) in [4.78, 5) is 6.56. The Hall–Kier alpha value is -1.09. The summed E-state index contributed by atoms with van der Waals surface area (Å²) in [6.07, 6.45) is 5.02. The lowest BCUT2D eigenvalue weighted by atomic mass is 10.0. The summed E-state index contributed by atoms with van der Waals surface area (Å²) in [6.45, 7) is 6.25. The molecule has 3 nitrogen and oxygen atoms in total. The predicted octanol–water partition coefficient (Wildman–Crippen LogP) is 1.56. The highest BCUT2D eigenvalue weighted by Crippen LogP contribution is 2.30. The van der Waals surface area contributed by atoms with E-state index < -0.39 is 0 Å². The van der Waals surface area contributed by atoms with Gasteiger partial charge in [0.2, 0.25) is 0 Å². The van der Waals surface area contributed by atoms with Crippen molar-refractivity contribution < 1.29 is 0 Å². The molecule has 82 valence electrons. The Morgan fingerprint density at radius 3 is 3.07 bits per heavy atom. The van der Waals surface area contributed by atoms with Crippen LogP contribution in [0.4, 0.5) is 5.69 Å². The smallest absolute Gasteiger partial charge is 0.0438 e. The first-order valence-corrected chi connectivity index (χ1v) is 5.61. The summed E-state index contributed by atoms with van der Waals surface area (Å²) >= 11 is 0. The van der Waals surface area contributed by atoms with Crippen LogP contribution in [0.2, 0.25) is 0 Å². The van der Waals surface area contributed by atoms with E-state index in [-0.39, 0.29) is 0 Å². The van der Waals surface area contributed by atoms with Gasteiger partial charge in [0.05, 0.1) is 0 Å². The molecule has 0 bridgehead atoms. The minimum absolute atomic E-state index is 0.492. The van der Waals surface area contributed by atoms with Crippen molar-refractivity contribution in [2.45, 2.75) is 26.3 Å². The Morgan fingerprint density at radius 1 is 1.60 bits per heavy atom. The number of anilines is 1. The molecule has 1 aliphatic heterocycles. The van der Waals surface area contributed by atoms with Crippen LogP contribution < -0.4 is 10.6 Å². The Bertz CT molecular complexity index is 337. The molecule has 2 heterocycles. The number of hydrogen-bond acceptors (Lipinski definition) is 3. The molecule has 1 aromatic heterocycles. The van der Waals surface area contributed by atoms with Gasteiger partial charge < -0.3 is 10.6 Å². The molecule has 2 atom stereocenters. The normalized spacial score (nSPS) is 25.9. The average molecular weight is 205 g/mol. The zero-order chi connectivity index (χ0) is 10.8. The zero-order valence-electron chi connectivity index (χ0n) is 9.48. The maximum atomic E-state index is 5.84. The fourth-order valence-corrected chi connectivity index (χ4v) is 2.46. The quantitative estimate of drug-likeness (QED) is 0.796. The van der Waals surface area contributed by atoms with Crippen LogP contribution in [-0.4, -0.2) is 24.1 Å². The molecular weight excluding hydrogens is 186 g/mol. The largest absolute Gasteiger partial charge is 0.367 e. The van der Waals surface area contributed by atoms with Gasteiger partial charge in [0, 0.05) is 37.2 Å². The molecule has 2 unspecified atom stereocenters. The van der Waals surface area contributed by atoms with Crippen molar-refractivity contribution >= 4 is 5.69 Å². The molecule has 0 amide bonds. The molecule has 15 heavy (non-hydrogen) atoms. The van der Waals surface area contributed by atoms with Gasteiger partial charge in [-0.25, -0.2) is 0 Å². The molecule has 2 N–H and O–H groups in total. The summed E-state index contributed by atoms with van der Waals surface area (Å²) in [6, 6.07) is 2.59. The van der Waals surface area contributed by atoms with Crippen LogP contribution in [-0.2, 0) is 0 Å². The maximum absolute atomic E-state index is 5.84. The van der Waals surface area contributed by atoms with E-state index in [2.05, 4.69) is 29.8 Å². The van der Waals surface area contributed by atoms with E-state index in [4.69, 9.17) is 5.73 Å². The summed E-state index contributed by atoms with van der Waals surface area (Å²) in [5.74, 6) is 0.697. The molecule has 0 saturated carbocycles. The van der Waals surface area contributed by atoms with Crippen LogP contribution in [0, 0.1) is 12.8 Å². The van der Waals surface area contributed by atoms with Gasteiger partial charge in [-0.2, -0.15) is 0 Å². The highest BCUT2D eigenvalue weighted by atomic mass is 15.2. The molecule has 3 heteroatoms. The maximum Gasteiger partial charge on any atom is 0.0438 e. The topological polar surface area (TPSA) is 42.2 Å². The zero-order valence-corrected chi connectivity index (χ0v) is 9.48. The highest BCUT2D eigenvalue weighted by molar-refractivity contribution is 5.53. The van der Waals surface area contributed by atoms with Gasteiger partial charge in [-0.1, -0.05) is 6.92 Å². The Balaban J connectivity index is 2.28. The van der Waals surface area contributed by atoms with Crippen molar-refractivity contribution in [3.05, 3.63) is 24.0 Å². The van der Waals surface area contributed by atoms with Crippen LogP contribution in [0.3, 0.4) is 0 Å². The number of nitrogens with two attached hydrogens (primary N) is 1. The standard InChI is InChI=1S/C12H19N3/c1-9-4-6-15(12(9)7-13)11-3-5-14-8-10(11)2/h3,5,8-9,12H,4,6-7,13H2,1-2H3. The first kappa shape index (κ1) is 10.4. The van der Waals surface area contributed by atoms with E-state index >= 15 is 0 Å². The van der Waals surface area contributed by atoms with E-state index in [9.17, 15) is 0 Å². The number of aromatic nitrogens is 1. The van der Waals surface area contributed by atoms with Gasteiger partial charge in [-0.05, 0) is 30.9 Å². The molecular formula is C12H19N3. The number of hydrogen-bond donors (Lipinski definition) is 1. The molecule has 1 aromatic rings. The van der Waals surface area contributed by atoms with Crippen LogP contribution >= 0.6 is 0 Å². The highest BCUT2D eigenvalue weighted by Gasteiger charge is 2.30. The number of aryl methyl sites for hydroxylation is 1. The van der Waals surface area contributed by atoms with Crippen molar-refractivity contribution in [2.75, 3.05) is 18.0 Å². The van der Waals surface area contributed by atoms with E-state index in [0.717, 1.165) is 13.1 Å². The first-order valence-electron chi connectivity index (χ1n) is 5.61. The molecule has 1 saturated heterocycles. The van der Waals surface area contributed by atoms with Crippen molar-refractivity contribution in [1.29, 1.82) is 0 Å². The molecule has 1 aliphatic rings. The second-order valence-electron chi connectivity index (χ2n) is 4.42. The Labute approximate surface area is 91.3 Å². The van der Waals surface area contributed by atoms with Gasteiger partial charge in [0.1, 0.15) is 0 Å². The van der Waals surface area contributed by atoms with Crippen molar-refractivity contribution in [3.8, 4) is 0 Å². The van der Waals surface area contributed by atoms with Crippen LogP contribution in [0.1, 0.15) is 18.9 Å². The number of nitrogens with zero attached hydrogens (tertiary/aromatic N) is 2. The SMILES string of the molecule is Cc1cnccc1N1CCC(C)C1CN. The van der Waals surface area contributed by atoms with Crippen LogP contribution in [0.5, 0.6) is 0 Å². The lowest BCUT2D eigenvalue weighted by Crippen LogP contribution is -2.38. The lowest BCUT2D eigenvalue weighted by molar-refractivity contribution is 0.519. The van der Waals surface area contributed by atoms with Crippen LogP contribution in [0.15, 0.2) is 18.5 Å². The molecule has 0 aromatic carbocycles. The number of pyridine rings is 1. The van der Waals surface area contributed by atoms with E-state index in [1.807, 2.05) is 12.4 Å². The Kier molecular flexibility index (Phi) is 2.91. The second-order valence-corrected chi connectivity index (χ2v) is 4.42. The third-order valence-electron chi connectivity index (χ3n) is 3.42. The van der Waals surface area contributed by atoms with Gasteiger partial charge >= 0.3 is 0 Å².